The fraction of sp³-hybridized carbons (Fsp3) is 0.444. The van der Waals surface area contributed by atoms with E-state index in [4.69, 9.17) is 10.5 Å². The molecule has 2 rings (SSSR count). The van der Waals surface area contributed by atoms with Gasteiger partial charge in [0.2, 0.25) is 0 Å². The summed E-state index contributed by atoms with van der Waals surface area (Å²) in [6, 6.07) is 4.05. The van der Waals surface area contributed by atoms with Crippen LogP contribution in [-0.2, 0) is 4.74 Å². The third kappa shape index (κ3) is 1.33. The normalized spacial score (nSPS) is 29.1. The van der Waals surface area contributed by atoms with Crippen LogP contribution in [0.5, 0.6) is 0 Å². The van der Waals surface area contributed by atoms with Crippen LogP contribution in [-0.4, -0.2) is 17.6 Å². The molecule has 0 aliphatic carbocycles. The summed E-state index contributed by atoms with van der Waals surface area (Å²) in [6.07, 6.45) is 4.56. The van der Waals surface area contributed by atoms with Gasteiger partial charge in [0.1, 0.15) is 0 Å². The molecule has 64 valence electrons. The van der Waals surface area contributed by atoms with E-state index in [-0.39, 0.29) is 12.1 Å². The molecule has 2 N–H and O–H groups in total. The molecule has 0 spiro atoms. The first-order chi connectivity index (χ1) is 5.88. The molecule has 12 heavy (non-hydrogen) atoms. The molecule has 0 amide bonds. The monoisotopic (exact) mass is 164 g/mol. The summed E-state index contributed by atoms with van der Waals surface area (Å²) in [6.45, 7) is 0.772. The van der Waals surface area contributed by atoms with E-state index in [2.05, 4.69) is 4.98 Å². The topological polar surface area (TPSA) is 48.1 Å². The van der Waals surface area contributed by atoms with Crippen LogP contribution < -0.4 is 5.73 Å². The van der Waals surface area contributed by atoms with Crippen LogP contribution in [0.15, 0.2) is 24.5 Å². The second kappa shape index (κ2) is 3.21. The van der Waals surface area contributed by atoms with Crippen LogP contribution in [0.2, 0.25) is 0 Å². The summed E-state index contributed by atoms with van der Waals surface area (Å²) in [4.78, 5) is 3.95. The molecule has 3 heteroatoms. The largest absolute Gasteiger partial charge is 0.372 e. The van der Waals surface area contributed by atoms with E-state index in [1.165, 1.54) is 0 Å². The van der Waals surface area contributed by atoms with Crippen molar-refractivity contribution in [1.29, 1.82) is 0 Å². The maximum absolute atomic E-state index is 5.87. The molecule has 1 saturated heterocycles. The first kappa shape index (κ1) is 7.71. The van der Waals surface area contributed by atoms with Gasteiger partial charge in [-0.15, -0.1) is 0 Å². The van der Waals surface area contributed by atoms with Gasteiger partial charge in [0, 0.05) is 25.0 Å². The number of nitrogens with two attached hydrogens (primary N) is 1. The van der Waals surface area contributed by atoms with Gasteiger partial charge in [-0.2, -0.15) is 0 Å². The van der Waals surface area contributed by atoms with Gasteiger partial charge in [0.05, 0.1) is 6.10 Å². The van der Waals surface area contributed by atoms with Gasteiger partial charge in [0.25, 0.3) is 0 Å². The van der Waals surface area contributed by atoms with Crippen molar-refractivity contribution in [1.82, 2.24) is 4.98 Å². The van der Waals surface area contributed by atoms with Crippen molar-refractivity contribution in [2.75, 3.05) is 6.61 Å². The van der Waals surface area contributed by atoms with Gasteiger partial charge in [-0.3, -0.25) is 4.98 Å². The van der Waals surface area contributed by atoms with Gasteiger partial charge in [-0.25, -0.2) is 0 Å². The first-order valence-corrected chi connectivity index (χ1v) is 4.15. The summed E-state index contributed by atoms with van der Waals surface area (Å²) in [7, 11) is 0. The molecule has 2 heterocycles. The van der Waals surface area contributed by atoms with Crippen molar-refractivity contribution in [2.45, 2.75) is 18.6 Å². The highest BCUT2D eigenvalue weighted by Crippen LogP contribution is 2.26. The molecule has 0 unspecified atom stereocenters. The fourth-order valence-electron chi connectivity index (χ4n) is 1.50. The van der Waals surface area contributed by atoms with Crippen LogP contribution in [0, 0.1) is 0 Å². The third-order valence-corrected chi connectivity index (χ3v) is 2.17. The van der Waals surface area contributed by atoms with Gasteiger partial charge in [-0.05, 0) is 24.1 Å². The molecule has 1 aromatic heterocycles. The third-order valence-electron chi connectivity index (χ3n) is 2.17. The van der Waals surface area contributed by atoms with Gasteiger partial charge in [-0.1, -0.05) is 0 Å². The Morgan fingerprint density at radius 1 is 1.42 bits per heavy atom. The highest BCUT2D eigenvalue weighted by molar-refractivity contribution is 5.16. The second-order valence-corrected chi connectivity index (χ2v) is 3.02. The van der Waals surface area contributed by atoms with E-state index in [0.29, 0.717) is 0 Å². The Kier molecular flexibility index (Phi) is 2.06. The second-order valence-electron chi connectivity index (χ2n) is 3.02. The molecule has 2 atom stereocenters. The predicted octanol–water partition coefficient (Wildman–Crippen LogP) is 0.870. The number of hydrogen-bond donors (Lipinski definition) is 1. The van der Waals surface area contributed by atoms with Crippen molar-refractivity contribution >= 4 is 0 Å². The molecule has 1 aliphatic rings. The molecule has 3 nitrogen and oxygen atoms in total. The summed E-state index contributed by atoms with van der Waals surface area (Å²) < 4.78 is 5.50. The lowest BCUT2D eigenvalue weighted by Crippen LogP contribution is -2.23. The highest BCUT2D eigenvalue weighted by Gasteiger charge is 2.25. The number of nitrogens with zero attached hydrogens (tertiary/aromatic N) is 1. The summed E-state index contributed by atoms with van der Waals surface area (Å²) in [5, 5.41) is 0. The average Bonchev–Trinajstić information content (AvgIpc) is 2.53. The summed E-state index contributed by atoms with van der Waals surface area (Å²) in [5.74, 6) is 0. The lowest BCUT2D eigenvalue weighted by atomic mass is 10.0. The number of rotatable bonds is 1. The zero-order valence-corrected chi connectivity index (χ0v) is 6.81. The minimum absolute atomic E-state index is 0.0769. The zero-order valence-electron chi connectivity index (χ0n) is 6.81. The van der Waals surface area contributed by atoms with Crippen molar-refractivity contribution in [3.8, 4) is 0 Å². The Hall–Kier alpha value is -0.930. The van der Waals surface area contributed by atoms with Crippen LogP contribution in [0.1, 0.15) is 18.1 Å². The van der Waals surface area contributed by atoms with Crippen LogP contribution in [0.3, 0.4) is 0 Å². The van der Waals surface area contributed by atoms with E-state index >= 15 is 0 Å². The lowest BCUT2D eigenvalue weighted by Gasteiger charge is -2.13. The molecule has 0 radical (unpaired) electrons. The fourth-order valence-corrected chi connectivity index (χ4v) is 1.50. The van der Waals surface area contributed by atoms with Gasteiger partial charge in [0.15, 0.2) is 0 Å². The van der Waals surface area contributed by atoms with E-state index < -0.39 is 0 Å². The molecule has 1 fully saturated rings. The Morgan fingerprint density at radius 3 is 2.75 bits per heavy atom. The molecule has 1 aromatic rings. The quantitative estimate of drug-likeness (QED) is 0.670. The van der Waals surface area contributed by atoms with E-state index in [0.717, 1.165) is 18.6 Å². The Bertz CT molecular complexity index is 250. The minimum atomic E-state index is 0.0769. The van der Waals surface area contributed by atoms with Crippen LogP contribution >= 0.6 is 0 Å². The minimum Gasteiger partial charge on any atom is -0.372 e. The van der Waals surface area contributed by atoms with Crippen molar-refractivity contribution in [2.24, 2.45) is 5.73 Å². The molecule has 0 saturated carbocycles. The van der Waals surface area contributed by atoms with E-state index in [1.807, 2.05) is 12.1 Å². The lowest BCUT2D eigenvalue weighted by molar-refractivity contribution is 0.105. The van der Waals surface area contributed by atoms with E-state index in [9.17, 15) is 0 Å². The molecular formula is C9H12N2O. The summed E-state index contributed by atoms with van der Waals surface area (Å²) >= 11 is 0. The first-order valence-electron chi connectivity index (χ1n) is 4.15. The van der Waals surface area contributed by atoms with Crippen molar-refractivity contribution < 1.29 is 4.74 Å². The SMILES string of the molecule is N[C@H]1CCO[C@H]1c1ccncc1. The van der Waals surface area contributed by atoms with Crippen LogP contribution in [0.4, 0.5) is 0 Å². The summed E-state index contributed by atoms with van der Waals surface area (Å²) in [5.41, 5.74) is 7.00. The Balaban J connectivity index is 2.19. The molecule has 0 aromatic carbocycles. The number of hydrogen-bond acceptors (Lipinski definition) is 3. The molecule has 0 bridgehead atoms. The average molecular weight is 164 g/mol. The van der Waals surface area contributed by atoms with Crippen molar-refractivity contribution in [3.05, 3.63) is 30.1 Å². The van der Waals surface area contributed by atoms with Crippen LogP contribution in [0.25, 0.3) is 0 Å². The van der Waals surface area contributed by atoms with Gasteiger partial charge < -0.3 is 10.5 Å². The Labute approximate surface area is 71.6 Å². The highest BCUT2D eigenvalue weighted by atomic mass is 16.5. The maximum atomic E-state index is 5.87. The number of aromatic nitrogens is 1. The Morgan fingerprint density at radius 2 is 2.17 bits per heavy atom. The number of pyridine rings is 1. The standard InChI is InChI=1S/C9H12N2O/c10-8-3-6-12-9(8)7-1-4-11-5-2-7/h1-2,4-5,8-9H,3,6,10H2/t8-,9-/m0/s1. The smallest absolute Gasteiger partial charge is 0.0977 e. The number of ether oxygens (including phenoxy) is 1. The molecule has 1 aliphatic heterocycles. The van der Waals surface area contributed by atoms with Gasteiger partial charge >= 0.3 is 0 Å². The maximum Gasteiger partial charge on any atom is 0.0977 e. The van der Waals surface area contributed by atoms with Crippen molar-refractivity contribution in [3.63, 3.8) is 0 Å². The van der Waals surface area contributed by atoms with E-state index in [1.54, 1.807) is 12.4 Å². The predicted molar refractivity (Wildman–Crippen MR) is 45.5 cm³/mol. The zero-order chi connectivity index (χ0) is 8.39. The molecular weight excluding hydrogens is 152 g/mol.